The van der Waals surface area contributed by atoms with Gasteiger partial charge in [-0.1, -0.05) is 6.92 Å². The van der Waals surface area contributed by atoms with Crippen LogP contribution >= 0.6 is 69.6 Å². The SMILES string of the molecule is CCC(=O)NC(=S)Nc1ccc(NC(=S)NC(=O)c2cc(I)ccc2I)cc1. The van der Waals surface area contributed by atoms with Crippen LogP contribution in [0.25, 0.3) is 0 Å². The summed E-state index contributed by atoms with van der Waals surface area (Å²) in [6.07, 6.45) is 0.356. The van der Waals surface area contributed by atoms with E-state index >= 15 is 0 Å². The molecule has 0 radical (unpaired) electrons. The molecular formula is C18H16I2N4O2S2. The lowest BCUT2D eigenvalue weighted by Crippen LogP contribution is -2.34. The van der Waals surface area contributed by atoms with Crippen molar-refractivity contribution < 1.29 is 9.59 Å². The topological polar surface area (TPSA) is 82.3 Å². The molecule has 10 heteroatoms. The standard InChI is InChI=1S/C18H16I2N4O2S2/c1-2-15(25)23-17(27)21-11-4-6-12(7-5-11)22-18(28)24-16(26)13-9-10(19)3-8-14(13)20/h3-9H,2H2,1H3,(H2,21,23,25,27)(H2,22,24,26,28). The molecule has 2 rings (SSSR count). The highest BCUT2D eigenvalue weighted by Crippen LogP contribution is 2.16. The summed E-state index contributed by atoms with van der Waals surface area (Å²) in [5.74, 6) is -0.421. The van der Waals surface area contributed by atoms with E-state index in [4.69, 9.17) is 24.4 Å². The van der Waals surface area contributed by atoms with Crippen LogP contribution in [0.1, 0.15) is 23.7 Å². The van der Waals surface area contributed by atoms with E-state index in [1.807, 2.05) is 12.1 Å². The Kier molecular flexibility index (Phi) is 8.98. The van der Waals surface area contributed by atoms with Crippen molar-refractivity contribution in [2.75, 3.05) is 10.6 Å². The molecular weight excluding hydrogens is 622 g/mol. The number of halogens is 2. The Labute approximate surface area is 200 Å². The number of hydrogen-bond donors (Lipinski definition) is 4. The summed E-state index contributed by atoms with van der Waals surface area (Å²) in [6.45, 7) is 1.75. The molecule has 0 aliphatic carbocycles. The van der Waals surface area contributed by atoms with Gasteiger partial charge >= 0.3 is 0 Å². The largest absolute Gasteiger partial charge is 0.332 e. The quantitative estimate of drug-likeness (QED) is 0.297. The van der Waals surface area contributed by atoms with E-state index in [1.54, 1.807) is 37.3 Å². The average Bonchev–Trinajstić information content (AvgIpc) is 2.64. The molecule has 0 saturated carbocycles. The maximum absolute atomic E-state index is 12.4. The fraction of sp³-hybridized carbons (Fsp3) is 0.111. The summed E-state index contributed by atoms with van der Waals surface area (Å²) in [6, 6.07) is 12.7. The fourth-order valence-electron chi connectivity index (χ4n) is 2.02. The molecule has 0 heterocycles. The van der Waals surface area contributed by atoms with E-state index in [1.165, 1.54) is 0 Å². The predicted molar refractivity (Wildman–Crippen MR) is 137 cm³/mol. The monoisotopic (exact) mass is 638 g/mol. The summed E-state index contributed by atoms with van der Waals surface area (Å²) in [5.41, 5.74) is 1.99. The smallest absolute Gasteiger partial charge is 0.258 e. The van der Waals surface area contributed by atoms with Crippen LogP contribution < -0.4 is 21.3 Å². The number of carbonyl (C=O) groups is 2. The van der Waals surface area contributed by atoms with Gasteiger partial charge in [0, 0.05) is 24.9 Å². The summed E-state index contributed by atoms with van der Waals surface area (Å²) in [7, 11) is 0. The Morgan fingerprint density at radius 2 is 1.43 bits per heavy atom. The molecule has 2 aromatic carbocycles. The molecule has 0 aliphatic rings. The second-order valence-electron chi connectivity index (χ2n) is 5.47. The van der Waals surface area contributed by atoms with Crippen molar-refractivity contribution in [2.24, 2.45) is 0 Å². The fourth-order valence-corrected chi connectivity index (χ4v) is 3.53. The average molecular weight is 638 g/mol. The highest BCUT2D eigenvalue weighted by atomic mass is 127. The van der Waals surface area contributed by atoms with Gasteiger partial charge in [-0.3, -0.25) is 14.9 Å². The second kappa shape index (κ2) is 11.0. The lowest BCUT2D eigenvalue weighted by Gasteiger charge is -2.12. The summed E-state index contributed by atoms with van der Waals surface area (Å²) < 4.78 is 1.82. The molecule has 0 bridgehead atoms. The maximum atomic E-state index is 12.4. The van der Waals surface area contributed by atoms with Crippen molar-refractivity contribution in [3.63, 3.8) is 0 Å². The molecule has 0 unspecified atom stereocenters. The highest BCUT2D eigenvalue weighted by Gasteiger charge is 2.12. The molecule has 0 fully saturated rings. The molecule has 146 valence electrons. The van der Waals surface area contributed by atoms with Gasteiger partial charge in [0.05, 0.1) is 5.56 Å². The third kappa shape index (κ3) is 7.22. The minimum atomic E-state index is -0.268. The Morgan fingerprint density at radius 1 is 0.893 bits per heavy atom. The molecule has 2 aromatic rings. The second-order valence-corrected chi connectivity index (χ2v) is 8.69. The third-order valence-electron chi connectivity index (χ3n) is 3.37. The zero-order chi connectivity index (χ0) is 20.7. The normalized spacial score (nSPS) is 9.96. The van der Waals surface area contributed by atoms with Crippen LogP contribution in [0.4, 0.5) is 11.4 Å². The number of thiocarbonyl (C=S) groups is 2. The van der Waals surface area contributed by atoms with E-state index in [0.717, 1.165) is 12.8 Å². The van der Waals surface area contributed by atoms with E-state index in [-0.39, 0.29) is 22.0 Å². The van der Waals surface area contributed by atoms with Crippen molar-refractivity contribution in [2.45, 2.75) is 13.3 Å². The van der Waals surface area contributed by atoms with Gasteiger partial charge in [0.15, 0.2) is 10.2 Å². The number of benzene rings is 2. The molecule has 28 heavy (non-hydrogen) atoms. The van der Waals surface area contributed by atoms with Gasteiger partial charge in [0.25, 0.3) is 5.91 Å². The van der Waals surface area contributed by atoms with Crippen LogP contribution in [0.2, 0.25) is 0 Å². The maximum Gasteiger partial charge on any atom is 0.258 e. The van der Waals surface area contributed by atoms with Gasteiger partial charge in [-0.25, -0.2) is 0 Å². The van der Waals surface area contributed by atoms with Crippen molar-refractivity contribution in [1.82, 2.24) is 10.6 Å². The Bertz CT molecular complexity index is 920. The summed E-state index contributed by atoms with van der Waals surface area (Å²) in [4.78, 5) is 23.7. The van der Waals surface area contributed by atoms with Gasteiger partial charge in [0.1, 0.15) is 0 Å². The van der Waals surface area contributed by atoms with Gasteiger partial charge in [0.2, 0.25) is 5.91 Å². The molecule has 0 saturated heterocycles. The van der Waals surface area contributed by atoms with Gasteiger partial charge in [-0.2, -0.15) is 0 Å². The number of nitrogens with one attached hydrogen (secondary N) is 4. The Balaban J connectivity index is 1.92. The van der Waals surface area contributed by atoms with E-state index in [0.29, 0.717) is 17.7 Å². The molecule has 0 aromatic heterocycles. The number of anilines is 2. The lowest BCUT2D eigenvalue weighted by molar-refractivity contribution is -0.119. The van der Waals surface area contributed by atoms with Crippen LogP contribution in [-0.4, -0.2) is 22.0 Å². The zero-order valence-corrected chi connectivity index (χ0v) is 20.6. The van der Waals surface area contributed by atoms with Crippen LogP contribution in [0.5, 0.6) is 0 Å². The number of carbonyl (C=O) groups excluding carboxylic acids is 2. The first-order valence-corrected chi connectivity index (χ1v) is 11.0. The minimum absolute atomic E-state index is 0.153. The lowest BCUT2D eigenvalue weighted by atomic mass is 10.2. The number of hydrogen-bond acceptors (Lipinski definition) is 4. The zero-order valence-electron chi connectivity index (χ0n) is 14.6. The van der Waals surface area contributed by atoms with E-state index in [2.05, 4.69) is 66.4 Å². The first kappa shape index (κ1) is 22.9. The van der Waals surface area contributed by atoms with Gasteiger partial charge in [-0.15, -0.1) is 0 Å². The van der Waals surface area contributed by atoms with Gasteiger partial charge in [-0.05, 0) is 112 Å². The van der Waals surface area contributed by atoms with E-state index in [9.17, 15) is 9.59 Å². The molecule has 4 N–H and O–H groups in total. The number of amides is 2. The van der Waals surface area contributed by atoms with Crippen molar-refractivity contribution in [1.29, 1.82) is 0 Å². The van der Waals surface area contributed by atoms with Crippen molar-refractivity contribution >= 4 is 103 Å². The summed E-state index contributed by atoms with van der Waals surface area (Å²) >= 11 is 14.6. The first-order valence-electron chi connectivity index (χ1n) is 8.06. The van der Waals surface area contributed by atoms with Crippen molar-refractivity contribution in [3.05, 3.63) is 55.2 Å². The third-order valence-corrected chi connectivity index (χ3v) is 5.39. The molecule has 0 atom stereocenters. The Hall–Kier alpha value is -1.38. The minimum Gasteiger partial charge on any atom is -0.332 e. The first-order chi connectivity index (χ1) is 13.3. The van der Waals surface area contributed by atoms with Crippen LogP contribution in [0, 0.1) is 7.14 Å². The van der Waals surface area contributed by atoms with E-state index < -0.39 is 0 Å². The molecule has 0 spiro atoms. The van der Waals surface area contributed by atoms with Crippen LogP contribution in [-0.2, 0) is 4.79 Å². The van der Waals surface area contributed by atoms with Crippen molar-refractivity contribution in [3.8, 4) is 0 Å². The number of rotatable bonds is 4. The molecule has 6 nitrogen and oxygen atoms in total. The van der Waals surface area contributed by atoms with Crippen LogP contribution in [0.15, 0.2) is 42.5 Å². The Morgan fingerprint density at radius 3 is 1.96 bits per heavy atom. The predicted octanol–water partition coefficient (Wildman–Crippen LogP) is 4.25. The molecule has 2 amide bonds. The summed E-state index contributed by atoms with van der Waals surface area (Å²) in [5, 5.41) is 11.6. The van der Waals surface area contributed by atoms with Gasteiger partial charge < -0.3 is 16.0 Å². The highest BCUT2D eigenvalue weighted by molar-refractivity contribution is 14.1. The van der Waals surface area contributed by atoms with Crippen LogP contribution in [0.3, 0.4) is 0 Å². The molecule has 0 aliphatic heterocycles.